The highest BCUT2D eigenvalue weighted by atomic mass is 16.4. The average Bonchev–Trinajstić information content (AvgIpc) is 2.78. The molecule has 0 aliphatic rings. The third kappa shape index (κ3) is 12.7. The number of hydrogen-bond donors (Lipinski definition) is 8. The van der Waals surface area contributed by atoms with Gasteiger partial charge in [0, 0.05) is 6.42 Å². The molecular formula is C21H39N7O7. The molecule has 200 valence electrons. The van der Waals surface area contributed by atoms with Crippen LogP contribution in [-0.2, 0) is 28.8 Å². The van der Waals surface area contributed by atoms with Crippen LogP contribution in [0.15, 0.2) is 0 Å². The fourth-order valence-corrected chi connectivity index (χ4v) is 3.04. The molecule has 0 spiro atoms. The van der Waals surface area contributed by atoms with Gasteiger partial charge in [0.2, 0.25) is 29.5 Å². The Hall–Kier alpha value is -3.26. The first kappa shape index (κ1) is 31.7. The van der Waals surface area contributed by atoms with Gasteiger partial charge in [-0.25, -0.2) is 4.79 Å². The largest absolute Gasteiger partial charge is 0.480 e. The highest BCUT2D eigenvalue weighted by Crippen LogP contribution is 2.08. The van der Waals surface area contributed by atoms with Crippen LogP contribution in [-0.4, -0.2) is 71.3 Å². The molecule has 0 saturated carbocycles. The number of aliphatic carboxylic acids is 1. The van der Waals surface area contributed by atoms with Crippen LogP contribution in [0, 0.1) is 5.92 Å². The van der Waals surface area contributed by atoms with Crippen LogP contribution in [0.1, 0.15) is 58.8 Å². The number of hydrogen-bond acceptors (Lipinski definition) is 8. The van der Waals surface area contributed by atoms with Gasteiger partial charge in [0.1, 0.15) is 18.1 Å². The topological polar surface area (TPSA) is 263 Å². The maximum absolute atomic E-state index is 12.9. The maximum Gasteiger partial charge on any atom is 0.326 e. The fourth-order valence-electron chi connectivity index (χ4n) is 3.04. The van der Waals surface area contributed by atoms with Gasteiger partial charge in [-0.05, 0) is 38.1 Å². The van der Waals surface area contributed by atoms with Crippen molar-refractivity contribution in [2.45, 2.75) is 83.0 Å². The second-order valence-electron chi connectivity index (χ2n) is 8.39. The van der Waals surface area contributed by atoms with Crippen molar-refractivity contribution in [3.8, 4) is 0 Å². The second-order valence-corrected chi connectivity index (χ2v) is 8.39. The van der Waals surface area contributed by atoms with Gasteiger partial charge in [-0.2, -0.15) is 0 Å². The Morgan fingerprint density at radius 1 is 0.800 bits per heavy atom. The van der Waals surface area contributed by atoms with E-state index in [1.54, 1.807) is 6.92 Å². The molecule has 14 heteroatoms. The predicted octanol–water partition coefficient (Wildman–Crippen LogP) is -2.83. The number of nitrogens with two attached hydrogens (primary N) is 4. The van der Waals surface area contributed by atoms with E-state index in [0.29, 0.717) is 25.8 Å². The Morgan fingerprint density at radius 3 is 1.83 bits per heavy atom. The second kappa shape index (κ2) is 16.4. The van der Waals surface area contributed by atoms with Crippen LogP contribution < -0.4 is 38.9 Å². The summed E-state index contributed by atoms with van der Waals surface area (Å²) >= 11 is 0. The lowest BCUT2D eigenvalue weighted by Crippen LogP contribution is -2.58. The van der Waals surface area contributed by atoms with Crippen molar-refractivity contribution >= 4 is 35.5 Å². The Labute approximate surface area is 204 Å². The summed E-state index contributed by atoms with van der Waals surface area (Å²) in [6.07, 6.45) is 0.580. The van der Waals surface area contributed by atoms with E-state index < -0.39 is 66.1 Å². The molecule has 0 fully saturated rings. The van der Waals surface area contributed by atoms with Gasteiger partial charge in [-0.15, -0.1) is 0 Å². The van der Waals surface area contributed by atoms with Crippen molar-refractivity contribution in [1.29, 1.82) is 0 Å². The number of unbranched alkanes of at least 4 members (excludes halogenated alkanes) is 1. The van der Waals surface area contributed by atoms with Crippen LogP contribution in [0.5, 0.6) is 0 Å². The highest BCUT2D eigenvalue weighted by Gasteiger charge is 2.31. The number of carboxylic acid groups (broad SMARTS) is 1. The van der Waals surface area contributed by atoms with Gasteiger partial charge in [-0.3, -0.25) is 24.0 Å². The zero-order valence-electron chi connectivity index (χ0n) is 20.2. The Kier molecular flexibility index (Phi) is 14.9. The Morgan fingerprint density at radius 2 is 1.34 bits per heavy atom. The van der Waals surface area contributed by atoms with Gasteiger partial charge in [0.15, 0.2) is 0 Å². The first-order chi connectivity index (χ1) is 16.3. The van der Waals surface area contributed by atoms with Crippen LogP contribution in [0.2, 0.25) is 0 Å². The number of rotatable bonds is 18. The molecule has 5 amide bonds. The summed E-state index contributed by atoms with van der Waals surface area (Å²) in [6, 6.07) is -4.96. The average molecular weight is 502 g/mol. The molecule has 5 unspecified atom stereocenters. The monoisotopic (exact) mass is 501 g/mol. The van der Waals surface area contributed by atoms with Crippen molar-refractivity contribution < 1.29 is 33.9 Å². The fraction of sp³-hybridized carbons (Fsp3) is 0.714. The van der Waals surface area contributed by atoms with Crippen molar-refractivity contribution in [2.75, 3.05) is 6.54 Å². The van der Waals surface area contributed by atoms with Gasteiger partial charge in [-0.1, -0.05) is 20.3 Å². The molecule has 0 aliphatic carbocycles. The minimum absolute atomic E-state index is 0.0978. The van der Waals surface area contributed by atoms with E-state index in [-0.39, 0.29) is 25.2 Å². The summed E-state index contributed by atoms with van der Waals surface area (Å²) in [5.41, 5.74) is 21.6. The van der Waals surface area contributed by atoms with Crippen molar-refractivity contribution in [3.63, 3.8) is 0 Å². The van der Waals surface area contributed by atoms with E-state index in [9.17, 15) is 33.9 Å². The lowest BCUT2D eigenvalue weighted by Gasteiger charge is -2.25. The van der Waals surface area contributed by atoms with Gasteiger partial charge in [0.25, 0.3) is 0 Å². The number of carbonyl (C=O) groups is 6. The third-order valence-electron chi connectivity index (χ3n) is 5.47. The SMILES string of the molecule is CCC(C)C(N)C(=O)NC(CC(N)=O)C(=O)NC(CCCCN)C(=O)NC(CCC(N)=O)C(=O)O. The quantitative estimate of drug-likeness (QED) is 0.0898. The minimum Gasteiger partial charge on any atom is -0.480 e. The molecular weight excluding hydrogens is 462 g/mol. The first-order valence-electron chi connectivity index (χ1n) is 11.5. The van der Waals surface area contributed by atoms with Gasteiger partial charge in [0.05, 0.1) is 12.5 Å². The van der Waals surface area contributed by atoms with Gasteiger partial charge >= 0.3 is 5.97 Å². The smallest absolute Gasteiger partial charge is 0.326 e. The lowest BCUT2D eigenvalue weighted by atomic mass is 9.98. The summed E-state index contributed by atoms with van der Waals surface area (Å²) in [5.74, 6) is -5.55. The molecule has 14 nitrogen and oxygen atoms in total. The van der Waals surface area contributed by atoms with E-state index in [4.69, 9.17) is 22.9 Å². The van der Waals surface area contributed by atoms with Crippen molar-refractivity contribution in [1.82, 2.24) is 16.0 Å². The van der Waals surface area contributed by atoms with E-state index in [0.717, 1.165) is 0 Å². The number of carbonyl (C=O) groups excluding carboxylic acids is 5. The molecule has 0 rings (SSSR count). The summed E-state index contributed by atoms with van der Waals surface area (Å²) in [5, 5.41) is 16.4. The van der Waals surface area contributed by atoms with E-state index in [2.05, 4.69) is 16.0 Å². The molecule has 0 aliphatic heterocycles. The lowest BCUT2D eigenvalue weighted by molar-refractivity contribution is -0.142. The molecule has 35 heavy (non-hydrogen) atoms. The Balaban J connectivity index is 5.58. The third-order valence-corrected chi connectivity index (χ3v) is 5.47. The van der Waals surface area contributed by atoms with Crippen LogP contribution in [0.25, 0.3) is 0 Å². The zero-order chi connectivity index (χ0) is 27.1. The summed E-state index contributed by atoms with van der Waals surface area (Å²) in [4.78, 5) is 72.1. The van der Waals surface area contributed by atoms with Gasteiger partial charge < -0.3 is 44.0 Å². The number of amides is 5. The van der Waals surface area contributed by atoms with E-state index in [1.165, 1.54) is 0 Å². The highest BCUT2D eigenvalue weighted by molar-refractivity contribution is 5.96. The Bertz CT molecular complexity index is 762. The molecule has 0 aromatic heterocycles. The molecule has 0 radical (unpaired) electrons. The summed E-state index contributed by atoms with van der Waals surface area (Å²) < 4.78 is 0. The molecule has 5 atom stereocenters. The summed E-state index contributed by atoms with van der Waals surface area (Å²) in [7, 11) is 0. The minimum atomic E-state index is -1.42. The number of carboxylic acids is 1. The van der Waals surface area contributed by atoms with Crippen molar-refractivity contribution in [3.05, 3.63) is 0 Å². The van der Waals surface area contributed by atoms with Crippen LogP contribution >= 0.6 is 0 Å². The zero-order valence-corrected chi connectivity index (χ0v) is 20.2. The molecule has 0 heterocycles. The molecule has 12 N–H and O–H groups in total. The predicted molar refractivity (Wildman–Crippen MR) is 126 cm³/mol. The van der Waals surface area contributed by atoms with Crippen molar-refractivity contribution in [2.24, 2.45) is 28.9 Å². The standard InChI is InChI=1S/C21H39N7O7/c1-3-11(2)17(25)20(33)28-14(10-16(24)30)19(32)26-12(6-4-5-9-22)18(31)27-13(21(34)35)7-8-15(23)29/h11-14,17H,3-10,22,25H2,1-2H3,(H2,23,29)(H2,24,30)(H,26,32)(H,27,31)(H,28,33)(H,34,35). The van der Waals surface area contributed by atoms with Crippen LogP contribution in [0.4, 0.5) is 0 Å². The maximum atomic E-state index is 12.9. The van der Waals surface area contributed by atoms with E-state index in [1.807, 2.05) is 6.92 Å². The first-order valence-corrected chi connectivity index (χ1v) is 11.5. The molecule has 0 aromatic rings. The number of nitrogens with one attached hydrogen (secondary N) is 3. The van der Waals surface area contributed by atoms with Crippen LogP contribution in [0.3, 0.4) is 0 Å². The van der Waals surface area contributed by atoms with E-state index >= 15 is 0 Å². The molecule has 0 saturated heterocycles. The summed E-state index contributed by atoms with van der Waals surface area (Å²) in [6.45, 7) is 3.92. The molecule has 0 bridgehead atoms. The molecule has 0 aromatic carbocycles. The number of primary amides is 2. The normalized spacial score (nSPS) is 15.1.